The van der Waals surface area contributed by atoms with Gasteiger partial charge >= 0.3 is 5.97 Å². The molecule has 11 heavy (non-hydrogen) atoms. The number of carbonyl (C=O) groups is 1. The van der Waals surface area contributed by atoms with Gasteiger partial charge in [-0.25, -0.2) is 0 Å². The Morgan fingerprint density at radius 2 is 1.64 bits per heavy atom. The molecule has 0 saturated heterocycles. The Kier molecular flexibility index (Phi) is 4.98. The molecule has 1 fully saturated rings. The number of hydrogen-bond acceptors (Lipinski definition) is 1. The lowest BCUT2D eigenvalue weighted by Gasteiger charge is -2.00. The number of rotatable bonds is 1. The Bertz CT molecular complexity index is 144. The fourth-order valence-corrected chi connectivity index (χ4v) is 2.47. The van der Waals surface area contributed by atoms with E-state index in [2.05, 4.69) is 31.9 Å². The van der Waals surface area contributed by atoms with Crippen molar-refractivity contribution in [3.63, 3.8) is 0 Å². The second-order valence-electron chi connectivity index (χ2n) is 2.54. The first-order valence-electron chi connectivity index (χ1n) is 3.12. The Balaban J connectivity index is 0.000001000. The molecule has 0 aromatic rings. The summed E-state index contributed by atoms with van der Waals surface area (Å²) in [6, 6.07) is 0. The zero-order valence-electron chi connectivity index (χ0n) is 5.67. The summed E-state index contributed by atoms with van der Waals surface area (Å²) in [6.07, 6.45) is 1.48. The topological polar surface area (TPSA) is 37.3 Å². The smallest absolute Gasteiger partial charge is 0.306 e. The fourth-order valence-electron chi connectivity index (χ4n) is 1.14. The van der Waals surface area contributed by atoms with Crippen LogP contribution < -0.4 is 0 Å². The summed E-state index contributed by atoms with van der Waals surface area (Å²) in [5.41, 5.74) is 0. The number of alkyl halides is 2. The molecule has 0 aliphatic heterocycles. The highest BCUT2D eigenvalue weighted by atomic mass is 79.9. The maximum atomic E-state index is 10.5. The predicted molar refractivity (Wildman–Crippen MR) is 53.0 cm³/mol. The molecule has 2 atom stereocenters. The van der Waals surface area contributed by atoms with Gasteiger partial charge in [-0.15, -0.1) is 12.4 Å². The van der Waals surface area contributed by atoms with Crippen molar-refractivity contribution in [2.75, 3.05) is 0 Å². The molecule has 1 saturated carbocycles. The third kappa shape index (κ3) is 2.92. The van der Waals surface area contributed by atoms with Gasteiger partial charge in [-0.05, 0) is 12.8 Å². The van der Waals surface area contributed by atoms with E-state index in [9.17, 15) is 4.79 Å². The molecule has 5 heteroatoms. The molecular weight excluding hydrogens is 299 g/mol. The van der Waals surface area contributed by atoms with Gasteiger partial charge in [0.05, 0.1) is 5.92 Å². The fraction of sp³-hybridized carbons (Fsp3) is 0.833. The highest BCUT2D eigenvalue weighted by Gasteiger charge is 2.34. The van der Waals surface area contributed by atoms with Crippen LogP contribution in [0.3, 0.4) is 0 Å². The zero-order chi connectivity index (χ0) is 7.72. The van der Waals surface area contributed by atoms with Crippen molar-refractivity contribution in [2.24, 2.45) is 5.92 Å². The summed E-state index contributed by atoms with van der Waals surface area (Å²) in [4.78, 5) is 11.1. The average molecular weight is 308 g/mol. The molecule has 2 nitrogen and oxygen atoms in total. The van der Waals surface area contributed by atoms with Crippen LogP contribution >= 0.6 is 44.3 Å². The zero-order valence-corrected chi connectivity index (χ0v) is 9.65. The summed E-state index contributed by atoms with van der Waals surface area (Å²) in [5, 5.41) is 8.61. The van der Waals surface area contributed by atoms with Crippen molar-refractivity contribution in [1.29, 1.82) is 0 Å². The number of halogens is 3. The van der Waals surface area contributed by atoms with E-state index in [4.69, 9.17) is 5.11 Å². The Labute approximate surface area is 88.4 Å². The molecule has 0 amide bonds. The summed E-state index contributed by atoms with van der Waals surface area (Å²) in [7, 11) is 0. The SMILES string of the molecule is Cl.O=C(O)C1CC(Br)C(Br)C1. The van der Waals surface area contributed by atoms with Gasteiger partial charge in [0.2, 0.25) is 0 Å². The van der Waals surface area contributed by atoms with Gasteiger partial charge in [-0.2, -0.15) is 0 Å². The maximum absolute atomic E-state index is 10.5. The molecule has 1 rings (SSSR count). The lowest BCUT2D eigenvalue weighted by atomic mass is 10.1. The summed E-state index contributed by atoms with van der Waals surface area (Å²) in [5.74, 6) is -0.833. The molecule has 0 bridgehead atoms. The van der Waals surface area contributed by atoms with Crippen LogP contribution in [-0.4, -0.2) is 20.7 Å². The van der Waals surface area contributed by atoms with E-state index in [-0.39, 0.29) is 18.3 Å². The molecule has 0 heterocycles. The van der Waals surface area contributed by atoms with Crippen LogP contribution in [0.5, 0.6) is 0 Å². The Morgan fingerprint density at radius 3 is 1.82 bits per heavy atom. The van der Waals surface area contributed by atoms with Crippen molar-refractivity contribution in [1.82, 2.24) is 0 Å². The molecule has 1 aliphatic rings. The second kappa shape index (κ2) is 4.67. The van der Waals surface area contributed by atoms with Crippen LogP contribution in [-0.2, 0) is 4.79 Å². The predicted octanol–water partition coefficient (Wildman–Crippen LogP) is 2.43. The van der Waals surface area contributed by atoms with Gasteiger partial charge in [-0.3, -0.25) is 4.79 Å². The maximum Gasteiger partial charge on any atom is 0.306 e. The van der Waals surface area contributed by atoms with Gasteiger partial charge in [0, 0.05) is 9.65 Å². The molecule has 2 unspecified atom stereocenters. The van der Waals surface area contributed by atoms with E-state index in [1.807, 2.05) is 0 Å². The largest absolute Gasteiger partial charge is 0.481 e. The van der Waals surface area contributed by atoms with Gasteiger partial charge in [-0.1, -0.05) is 31.9 Å². The lowest BCUT2D eigenvalue weighted by molar-refractivity contribution is -0.141. The molecule has 1 N–H and O–H groups in total. The second-order valence-corrected chi connectivity index (χ2v) is 4.89. The van der Waals surface area contributed by atoms with Crippen LogP contribution in [0.2, 0.25) is 0 Å². The molecule has 0 aromatic heterocycles. The van der Waals surface area contributed by atoms with Gasteiger partial charge in [0.15, 0.2) is 0 Å². The van der Waals surface area contributed by atoms with Gasteiger partial charge in [0.1, 0.15) is 0 Å². The molecule has 0 aromatic carbocycles. The van der Waals surface area contributed by atoms with Crippen LogP contribution in [0.15, 0.2) is 0 Å². The van der Waals surface area contributed by atoms with Gasteiger partial charge < -0.3 is 5.11 Å². The minimum Gasteiger partial charge on any atom is -0.481 e. The minimum atomic E-state index is -0.675. The van der Waals surface area contributed by atoms with E-state index in [0.717, 1.165) is 12.8 Å². The van der Waals surface area contributed by atoms with Crippen molar-refractivity contribution in [3.05, 3.63) is 0 Å². The van der Waals surface area contributed by atoms with Crippen LogP contribution in [0.4, 0.5) is 0 Å². The van der Waals surface area contributed by atoms with Crippen LogP contribution in [0, 0.1) is 5.92 Å². The monoisotopic (exact) mass is 306 g/mol. The van der Waals surface area contributed by atoms with E-state index in [1.54, 1.807) is 0 Å². The standard InChI is InChI=1S/C6H8Br2O2.ClH/c7-4-1-3(6(9)10)2-5(4)8;/h3-5H,1-2H2,(H,9,10);1H. The normalized spacial score (nSPS) is 36.4. The summed E-state index contributed by atoms with van der Waals surface area (Å²) in [6.45, 7) is 0. The van der Waals surface area contributed by atoms with E-state index >= 15 is 0 Å². The first-order valence-corrected chi connectivity index (χ1v) is 4.95. The summed E-state index contributed by atoms with van der Waals surface area (Å²) < 4.78 is 0. The van der Waals surface area contributed by atoms with E-state index < -0.39 is 5.97 Å². The minimum absolute atomic E-state index is 0. The van der Waals surface area contributed by atoms with Crippen molar-refractivity contribution < 1.29 is 9.90 Å². The summed E-state index contributed by atoms with van der Waals surface area (Å²) >= 11 is 6.80. The van der Waals surface area contributed by atoms with Crippen LogP contribution in [0.25, 0.3) is 0 Å². The van der Waals surface area contributed by atoms with Crippen molar-refractivity contribution in [3.8, 4) is 0 Å². The number of carboxylic acid groups (broad SMARTS) is 1. The molecule has 66 valence electrons. The third-order valence-electron chi connectivity index (χ3n) is 1.76. The highest BCUT2D eigenvalue weighted by Crippen LogP contribution is 2.35. The van der Waals surface area contributed by atoms with E-state index in [0.29, 0.717) is 9.65 Å². The average Bonchev–Trinajstić information content (AvgIpc) is 2.13. The van der Waals surface area contributed by atoms with Crippen LogP contribution in [0.1, 0.15) is 12.8 Å². The number of aliphatic carboxylic acids is 1. The third-order valence-corrected chi connectivity index (χ3v) is 4.49. The van der Waals surface area contributed by atoms with Crippen molar-refractivity contribution >= 4 is 50.2 Å². The first kappa shape index (κ1) is 11.7. The van der Waals surface area contributed by atoms with Gasteiger partial charge in [0.25, 0.3) is 0 Å². The molecular formula is C6H9Br2ClO2. The van der Waals surface area contributed by atoms with E-state index in [1.165, 1.54) is 0 Å². The Hall–Kier alpha value is 0.720. The number of hydrogen-bond donors (Lipinski definition) is 1. The quantitative estimate of drug-likeness (QED) is 0.756. The number of carboxylic acids is 1. The molecule has 0 spiro atoms. The molecule has 0 radical (unpaired) electrons. The lowest BCUT2D eigenvalue weighted by Crippen LogP contribution is -2.09. The first-order chi connectivity index (χ1) is 4.61. The highest BCUT2D eigenvalue weighted by molar-refractivity contribution is 9.12. The van der Waals surface area contributed by atoms with Crippen molar-refractivity contribution in [2.45, 2.75) is 22.5 Å². The molecule has 1 aliphatic carbocycles. The Morgan fingerprint density at radius 1 is 1.27 bits per heavy atom.